The molecule has 0 bridgehead atoms. The molecule has 0 saturated heterocycles. The zero-order valence-corrected chi connectivity index (χ0v) is 20.1. The van der Waals surface area contributed by atoms with Crippen LogP contribution in [0.5, 0.6) is 0 Å². The standard InChI is InChI=1S/C21H16F7N7O2S/c1-7-9(5-30-34(7)2)8-3-12(21(26,27)28)31-20-14(8)15(16(38-20)19(29)37)32-13(36)6-35-11(18(24)25)4-10(33-35)17(22)23/h3-5,17-18H,6H2,1-2H3,(H2,29,37)(H,32,36). The molecule has 0 unspecified atom stereocenters. The van der Waals surface area contributed by atoms with E-state index in [0.29, 0.717) is 27.8 Å². The number of fused-ring (bicyclic) bond motifs is 1. The lowest BCUT2D eigenvalue weighted by Crippen LogP contribution is -2.23. The fraction of sp³-hybridized carbons (Fsp3) is 0.286. The molecule has 0 aliphatic carbocycles. The van der Waals surface area contributed by atoms with Gasteiger partial charge in [0.2, 0.25) is 5.91 Å². The van der Waals surface area contributed by atoms with E-state index in [1.807, 2.05) is 0 Å². The van der Waals surface area contributed by atoms with Crippen LogP contribution in [0.2, 0.25) is 0 Å². The van der Waals surface area contributed by atoms with Crippen molar-refractivity contribution in [2.24, 2.45) is 12.8 Å². The average Bonchev–Trinajstić information content (AvgIpc) is 3.49. The zero-order valence-electron chi connectivity index (χ0n) is 19.3. The van der Waals surface area contributed by atoms with E-state index in [2.05, 4.69) is 20.5 Å². The van der Waals surface area contributed by atoms with Gasteiger partial charge in [0.05, 0.1) is 11.9 Å². The summed E-state index contributed by atoms with van der Waals surface area (Å²) in [7, 11) is 1.55. The number of nitrogens with two attached hydrogens (primary N) is 1. The van der Waals surface area contributed by atoms with Crippen molar-refractivity contribution in [3.63, 3.8) is 0 Å². The highest BCUT2D eigenvalue weighted by atomic mass is 32.1. The first-order valence-electron chi connectivity index (χ1n) is 10.5. The van der Waals surface area contributed by atoms with Gasteiger partial charge in [-0.2, -0.15) is 23.4 Å². The van der Waals surface area contributed by atoms with Gasteiger partial charge in [-0.15, -0.1) is 11.3 Å². The Morgan fingerprint density at radius 3 is 2.34 bits per heavy atom. The second kappa shape index (κ2) is 9.70. The monoisotopic (exact) mass is 563 g/mol. The molecule has 4 rings (SSSR count). The summed E-state index contributed by atoms with van der Waals surface area (Å²) >= 11 is 0.479. The van der Waals surface area contributed by atoms with Crippen LogP contribution in [-0.4, -0.2) is 36.4 Å². The summed E-state index contributed by atoms with van der Waals surface area (Å²) in [4.78, 5) is 27.9. The van der Waals surface area contributed by atoms with E-state index in [-0.39, 0.29) is 31.9 Å². The van der Waals surface area contributed by atoms with Crippen LogP contribution in [0.25, 0.3) is 21.3 Å². The van der Waals surface area contributed by atoms with Crippen LogP contribution in [0.3, 0.4) is 0 Å². The SMILES string of the molecule is Cc1c(-c2cc(C(F)(F)F)nc3sc(C(N)=O)c(NC(=O)Cn4nc(C(F)F)cc4C(F)F)c23)cnn1C. The highest BCUT2D eigenvalue weighted by molar-refractivity contribution is 7.21. The van der Waals surface area contributed by atoms with Crippen LogP contribution >= 0.6 is 11.3 Å². The second-order valence-electron chi connectivity index (χ2n) is 7.97. The molecule has 38 heavy (non-hydrogen) atoms. The first-order chi connectivity index (χ1) is 17.7. The number of hydrogen-bond acceptors (Lipinski definition) is 6. The fourth-order valence-corrected chi connectivity index (χ4v) is 4.69. The van der Waals surface area contributed by atoms with Crippen molar-refractivity contribution in [2.45, 2.75) is 32.5 Å². The highest BCUT2D eigenvalue weighted by Crippen LogP contribution is 2.44. The Hall–Kier alpha value is -4.02. The van der Waals surface area contributed by atoms with Crippen molar-refractivity contribution in [1.29, 1.82) is 0 Å². The fourth-order valence-electron chi connectivity index (χ4n) is 3.69. The van der Waals surface area contributed by atoms with Crippen molar-refractivity contribution >= 4 is 39.1 Å². The van der Waals surface area contributed by atoms with Crippen LogP contribution in [0.1, 0.15) is 45.3 Å². The van der Waals surface area contributed by atoms with Gasteiger partial charge in [-0.1, -0.05) is 0 Å². The normalized spacial score (nSPS) is 12.2. The number of rotatable bonds is 7. The maximum atomic E-state index is 13.6. The van der Waals surface area contributed by atoms with Crippen LogP contribution in [-0.2, 0) is 24.6 Å². The minimum Gasteiger partial charge on any atom is -0.365 e. The van der Waals surface area contributed by atoms with Crippen molar-refractivity contribution in [3.05, 3.63) is 46.0 Å². The molecule has 3 N–H and O–H groups in total. The first-order valence-corrected chi connectivity index (χ1v) is 11.3. The Kier molecular flexibility index (Phi) is 6.90. The summed E-state index contributed by atoms with van der Waals surface area (Å²) < 4.78 is 95.2. The lowest BCUT2D eigenvalue weighted by molar-refractivity contribution is -0.140. The minimum absolute atomic E-state index is 0.0796. The van der Waals surface area contributed by atoms with E-state index in [1.54, 1.807) is 14.0 Å². The third-order valence-corrected chi connectivity index (χ3v) is 6.63. The molecular formula is C21H16F7N7O2S. The van der Waals surface area contributed by atoms with Gasteiger partial charge in [-0.05, 0) is 24.6 Å². The van der Waals surface area contributed by atoms with Gasteiger partial charge in [-0.25, -0.2) is 22.5 Å². The molecule has 4 aromatic rings. The lowest BCUT2D eigenvalue weighted by Gasteiger charge is -2.13. The molecule has 17 heteroatoms. The molecule has 0 fully saturated rings. The number of nitrogens with one attached hydrogen (secondary N) is 1. The van der Waals surface area contributed by atoms with Crippen molar-refractivity contribution < 1.29 is 40.3 Å². The summed E-state index contributed by atoms with van der Waals surface area (Å²) in [5.74, 6) is -2.20. The summed E-state index contributed by atoms with van der Waals surface area (Å²) in [6.07, 6.45) is -10.0. The Labute approximate surface area is 212 Å². The second-order valence-corrected chi connectivity index (χ2v) is 8.97. The summed E-state index contributed by atoms with van der Waals surface area (Å²) in [6, 6.07) is 1.17. The molecule has 0 aliphatic heterocycles. The van der Waals surface area contributed by atoms with Crippen LogP contribution in [0.4, 0.5) is 36.4 Å². The van der Waals surface area contributed by atoms with Gasteiger partial charge in [0.25, 0.3) is 18.8 Å². The highest BCUT2D eigenvalue weighted by Gasteiger charge is 2.35. The molecule has 4 aromatic heterocycles. The smallest absolute Gasteiger partial charge is 0.365 e. The van der Waals surface area contributed by atoms with Crippen LogP contribution in [0.15, 0.2) is 18.3 Å². The number of carbonyl (C=O) groups is 2. The third-order valence-electron chi connectivity index (χ3n) is 5.54. The predicted octanol–water partition coefficient (Wildman–Crippen LogP) is 4.83. The largest absolute Gasteiger partial charge is 0.433 e. The Morgan fingerprint density at radius 1 is 1.13 bits per heavy atom. The number of nitrogens with zero attached hydrogens (tertiary/aromatic N) is 5. The number of thiophene rings is 1. The van der Waals surface area contributed by atoms with E-state index in [1.165, 1.54) is 10.9 Å². The average molecular weight is 563 g/mol. The molecular weight excluding hydrogens is 547 g/mol. The molecule has 0 aromatic carbocycles. The summed E-state index contributed by atoms with van der Waals surface area (Å²) in [6.45, 7) is 0.600. The van der Waals surface area contributed by atoms with Gasteiger partial charge >= 0.3 is 6.18 Å². The van der Waals surface area contributed by atoms with Crippen molar-refractivity contribution in [2.75, 3.05) is 5.32 Å². The number of pyridine rings is 1. The van der Waals surface area contributed by atoms with Gasteiger partial charge < -0.3 is 11.1 Å². The molecule has 0 aliphatic rings. The quantitative estimate of drug-likeness (QED) is 0.312. The molecule has 4 heterocycles. The molecule has 0 spiro atoms. The number of primary amides is 1. The maximum absolute atomic E-state index is 13.6. The van der Waals surface area contributed by atoms with E-state index in [9.17, 15) is 40.3 Å². The minimum atomic E-state index is -4.87. The number of aryl methyl sites for hydroxylation is 1. The van der Waals surface area contributed by atoms with Crippen LogP contribution in [0, 0.1) is 6.92 Å². The summed E-state index contributed by atoms with van der Waals surface area (Å²) in [5.41, 5.74) is 2.45. The van der Waals surface area contributed by atoms with E-state index in [4.69, 9.17) is 5.73 Å². The number of hydrogen-bond donors (Lipinski definition) is 2. The Bertz CT molecular complexity index is 1560. The summed E-state index contributed by atoms with van der Waals surface area (Å²) in [5, 5.41) is 9.56. The van der Waals surface area contributed by atoms with Gasteiger partial charge in [0.1, 0.15) is 33.3 Å². The predicted molar refractivity (Wildman–Crippen MR) is 121 cm³/mol. The van der Waals surface area contributed by atoms with Gasteiger partial charge in [0.15, 0.2) is 0 Å². The molecule has 2 amide bonds. The number of anilines is 1. The lowest BCUT2D eigenvalue weighted by atomic mass is 10.0. The van der Waals surface area contributed by atoms with Gasteiger partial charge in [0, 0.05) is 23.7 Å². The number of amides is 2. The van der Waals surface area contributed by atoms with Crippen molar-refractivity contribution in [3.8, 4) is 11.1 Å². The number of halogens is 7. The maximum Gasteiger partial charge on any atom is 0.433 e. The zero-order chi connectivity index (χ0) is 28.1. The number of alkyl halides is 7. The molecule has 0 radical (unpaired) electrons. The molecule has 202 valence electrons. The van der Waals surface area contributed by atoms with E-state index < -0.39 is 54.5 Å². The Balaban J connectivity index is 1.87. The first kappa shape index (κ1) is 27.0. The molecule has 0 atom stereocenters. The van der Waals surface area contributed by atoms with E-state index in [0.717, 1.165) is 6.07 Å². The topological polar surface area (TPSA) is 121 Å². The number of carbonyl (C=O) groups excluding carboxylic acids is 2. The molecule has 9 nitrogen and oxygen atoms in total. The Morgan fingerprint density at radius 2 is 1.82 bits per heavy atom. The number of aromatic nitrogens is 5. The third kappa shape index (κ3) is 4.92. The molecule has 0 saturated carbocycles. The van der Waals surface area contributed by atoms with E-state index >= 15 is 0 Å². The van der Waals surface area contributed by atoms with Crippen molar-refractivity contribution in [1.82, 2.24) is 24.5 Å². The van der Waals surface area contributed by atoms with Gasteiger partial charge in [-0.3, -0.25) is 19.0 Å². The van der Waals surface area contributed by atoms with Crippen LogP contribution < -0.4 is 11.1 Å².